The Labute approximate surface area is 60.1 Å². The zero-order valence-corrected chi connectivity index (χ0v) is 6.43. The van der Waals surface area contributed by atoms with Crippen LogP contribution in [0.15, 0.2) is 0 Å². The predicted molar refractivity (Wildman–Crippen MR) is 35.5 cm³/mol. The molecule has 0 aromatic heterocycles. The number of hydrogen-bond acceptors (Lipinski definition) is 3. The molecule has 0 radical (unpaired) electrons. The summed E-state index contributed by atoms with van der Waals surface area (Å²) in [6.45, 7) is 0.741. The van der Waals surface area contributed by atoms with E-state index < -0.39 is 10.0 Å². The first-order chi connectivity index (χ1) is 4.54. The Balaban J connectivity index is 2.50. The number of nitrogens with zero attached hydrogens (tertiary/aromatic N) is 2. The summed E-state index contributed by atoms with van der Waals surface area (Å²) in [6.07, 6.45) is 1.15. The summed E-state index contributed by atoms with van der Waals surface area (Å²) in [5, 5.41) is 8.30. The van der Waals surface area contributed by atoms with Crippen LogP contribution in [0.4, 0.5) is 0 Å². The fourth-order valence-corrected chi connectivity index (χ4v) is 1.69. The van der Waals surface area contributed by atoms with Crippen LogP contribution in [0.5, 0.6) is 0 Å². The largest absolute Gasteiger partial charge is 0.213 e. The van der Waals surface area contributed by atoms with Crippen LogP contribution < -0.4 is 0 Å². The van der Waals surface area contributed by atoms with E-state index in [0.29, 0.717) is 13.1 Å². The molecule has 0 aromatic carbocycles. The van der Waals surface area contributed by atoms with Gasteiger partial charge in [0.15, 0.2) is 0 Å². The molecule has 0 aromatic rings. The minimum atomic E-state index is -3.03. The number of sulfonamides is 1. The third-order valence-corrected chi connectivity index (χ3v) is 2.74. The molecule has 0 aliphatic carbocycles. The van der Waals surface area contributed by atoms with Gasteiger partial charge in [-0.3, -0.25) is 0 Å². The van der Waals surface area contributed by atoms with E-state index in [-0.39, 0.29) is 5.92 Å². The molecular weight excluding hydrogens is 152 g/mol. The minimum absolute atomic E-state index is 0.0882. The molecule has 56 valence electrons. The molecule has 1 rings (SSSR count). The fraction of sp³-hybridized carbons (Fsp3) is 0.800. The lowest BCUT2D eigenvalue weighted by molar-refractivity contribution is 0.250. The van der Waals surface area contributed by atoms with Crippen molar-refractivity contribution < 1.29 is 8.42 Å². The van der Waals surface area contributed by atoms with Crippen molar-refractivity contribution in [3.05, 3.63) is 0 Å². The molecule has 0 bridgehead atoms. The summed E-state index contributed by atoms with van der Waals surface area (Å²) < 4.78 is 22.7. The predicted octanol–water partition coefficient (Wildman–Crippen LogP) is -0.599. The molecule has 5 heteroatoms. The molecule has 1 aliphatic rings. The molecule has 1 aliphatic heterocycles. The van der Waals surface area contributed by atoms with E-state index in [9.17, 15) is 8.42 Å². The van der Waals surface area contributed by atoms with Crippen LogP contribution in [0, 0.1) is 17.2 Å². The first-order valence-corrected chi connectivity index (χ1v) is 4.73. The van der Waals surface area contributed by atoms with Crippen molar-refractivity contribution in [3.8, 4) is 6.07 Å². The molecule has 1 heterocycles. The zero-order chi connectivity index (χ0) is 7.78. The van der Waals surface area contributed by atoms with Crippen molar-refractivity contribution in [2.24, 2.45) is 5.92 Å². The lowest BCUT2D eigenvalue weighted by Crippen LogP contribution is -2.48. The van der Waals surface area contributed by atoms with E-state index >= 15 is 0 Å². The average molecular weight is 160 g/mol. The highest BCUT2D eigenvalue weighted by molar-refractivity contribution is 7.88. The summed E-state index contributed by atoms with van der Waals surface area (Å²) in [5.74, 6) is -0.0882. The normalized spacial score (nSPS) is 21.6. The fourth-order valence-electron chi connectivity index (χ4n) is 0.791. The second kappa shape index (κ2) is 2.22. The van der Waals surface area contributed by atoms with Gasteiger partial charge in [-0.05, 0) is 0 Å². The molecular formula is C5H8N2O2S. The van der Waals surface area contributed by atoms with Gasteiger partial charge in [-0.25, -0.2) is 8.42 Å². The van der Waals surface area contributed by atoms with Crippen molar-refractivity contribution in [2.45, 2.75) is 0 Å². The SMILES string of the molecule is CS(=O)(=O)N1CC(C#N)C1. The van der Waals surface area contributed by atoms with Crippen LogP contribution in [-0.4, -0.2) is 32.1 Å². The molecule has 0 unspecified atom stereocenters. The van der Waals surface area contributed by atoms with E-state index in [4.69, 9.17) is 5.26 Å². The van der Waals surface area contributed by atoms with Crippen molar-refractivity contribution in [3.63, 3.8) is 0 Å². The van der Waals surface area contributed by atoms with Crippen LogP contribution in [0.2, 0.25) is 0 Å². The summed E-state index contributed by atoms with van der Waals surface area (Å²) in [5.41, 5.74) is 0. The average Bonchev–Trinajstić information content (AvgIpc) is 1.57. The van der Waals surface area contributed by atoms with Crippen molar-refractivity contribution >= 4 is 10.0 Å². The summed E-state index contributed by atoms with van der Waals surface area (Å²) >= 11 is 0. The van der Waals surface area contributed by atoms with Gasteiger partial charge in [-0.1, -0.05) is 0 Å². The lowest BCUT2D eigenvalue weighted by atomic mass is 10.1. The maximum atomic E-state index is 10.7. The van der Waals surface area contributed by atoms with Crippen molar-refractivity contribution in [1.82, 2.24) is 4.31 Å². The van der Waals surface area contributed by atoms with E-state index in [1.165, 1.54) is 4.31 Å². The maximum Gasteiger partial charge on any atom is 0.211 e. The molecule has 0 saturated carbocycles. The molecule has 10 heavy (non-hydrogen) atoms. The van der Waals surface area contributed by atoms with Crippen LogP contribution in [0.3, 0.4) is 0 Å². The Morgan fingerprint density at radius 3 is 2.40 bits per heavy atom. The van der Waals surface area contributed by atoms with Gasteiger partial charge < -0.3 is 0 Å². The molecule has 1 saturated heterocycles. The Hall–Kier alpha value is -0.600. The Morgan fingerprint density at radius 1 is 1.60 bits per heavy atom. The van der Waals surface area contributed by atoms with Gasteiger partial charge >= 0.3 is 0 Å². The van der Waals surface area contributed by atoms with Crippen LogP contribution in [0.1, 0.15) is 0 Å². The quantitative estimate of drug-likeness (QED) is 0.514. The summed E-state index contributed by atoms with van der Waals surface area (Å²) in [4.78, 5) is 0. The number of hydrogen-bond donors (Lipinski definition) is 0. The van der Waals surface area contributed by atoms with Crippen LogP contribution >= 0.6 is 0 Å². The number of rotatable bonds is 1. The van der Waals surface area contributed by atoms with E-state index in [1.54, 1.807) is 0 Å². The number of nitriles is 1. The van der Waals surface area contributed by atoms with E-state index in [2.05, 4.69) is 0 Å². The first-order valence-electron chi connectivity index (χ1n) is 2.89. The second-order valence-electron chi connectivity index (χ2n) is 2.41. The van der Waals surface area contributed by atoms with Gasteiger partial charge in [-0.15, -0.1) is 0 Å². The van der Waals surface area contributed by atoms with Crippen LogP contribution in [0.25, 0.3) is 0 Å². The molecule has 1 fully saturated rings. The van der Waals surface area contributed by atoms with Gasteiger partial charge in [0.2, 0.25) is 10.0 Å². The van der Waals surface area contributed by atoms with E-state index in [0.717, 1.165) is 6.26 Å². The van der Waals surface area contributed by atoms with Gasteiger partial charge in [0.05, 0.1) is 18.2 Å². The monoisotopic (exact) mass is 160 g/mol. The Morgan fingerprint density at radius 2 is 2.10 bits per heavy atom. The van der Waals surface area contributed by atoms with Crippen molar-refractivity contribution in [1.29, 1.82) is 5.26 Å². The van der Waals surface area contributed by atoms with Gasteiger partial charge in [-0.2, -0.15) is 9.57 Å². The molecule has 0 atom stereocenters. The maximum absolute atomic E-state index is 10.7. The third kappa shape index (κ3) is 1.28. The molecule has 0 amide bonds. The Bertz CT molecular complexity index is 258. The highest BCUT2D eigenvalue weighted by Crippen LogP contribution is 2.16. The summed E-state index contributed by atoms with van der Waals surface area (Å²) in [6, 6.07) is 2.00. The third-order valence-electron chi connectivity index (χ3n) is 1.50. The molecule has 0 spiro atoms. The minimum Gasteiger partial charge on any atom is -0.213 e. The standard InChI is InChI=1S/C5H8N2O2S/c1-10(8,9)7-3-5(2-6)4-7/h5H,3-4H2,1H3. The smallest absolute Gasteiger partial charge is 0.211 e. The first kappa shape index (κ1) is 7.51. The van der Waals surface area contributed by atoms with Crippen molar-refractivity contribution in [2.75, 3.05) is 19.3 Å². The zero-order valence-electron chi connectivity index (χ0n) is 5.61. The van der Waals surface area contributed by atoms with Gasteiger partial charge in [0.25, 0.3) is 0 Å². The Kier molecular flexibility index (Phi) is 1.67. The second-order valence-corrected chi connectivity index (χ2v) is 4.39. The van der Waals surface area contributed by atoms with Crippen LogP contribution in [-0.2, 0) is 10.0 Å². The highest BCUT2D eigenvalue weighted by atomic mass is 32.2. The van der Waals surface area contributed by atoms with Gasteiger partial charge in [0.1, 0.15) is 0 Å². The molecule has 0 N–H and O–H groups in total. The highest BCUT2D eigenvalue weighted by Gasteiger charge is 2.32. The summed E-state index contributed by atoms with van der Waals surface area (Å²) in [7, 11) is -3.03. The molecule has 4 nitrogen and oxygen atoms in total. The lowest BCUT2D eigenvalue weighted by Gasteiger charge is -2.32. The van der Waals surface area contributed by atoms with E-state index in [1.807, 2.05) is 6.07 Å². The van der Waals surface area contributed by atoms with Gasteiger partial charge in [0, 0.05) is 13.1 Å². The topological polar surface area (TPSA) is 61.2 Å².